The van der Waals surface area contributed by atoms with Gasteiger partial charge in [0.1, 0.15) is 18.8 Å². The quantitative estimate of drug-likeness (QED) is 0.126. The van der Waals surface area contributed by atoms with Gasteiger partial charge < -0.3 is 34.1 Å². The van der Waals surface area contributed by atoms with Crippen LogP contribution in [0.5, 0.6) is 0 Å². The number of esters is 1. The fourth-order valence-electron chi connectivity index (χ4n) is 4.61. The summed E-state index contributed by atoms with van der Waals surface area (Å²) in [6, 6.07) is 10.9. The third-order valence-corrected chi connectivity index (χ3v) is 8.53. The lowest BCUT2D eigenvalue weighted by Gasteiger charge is -2.30. The molecular formula is C29H39N2O11P. The van der Waals surface area contributed by atoms with Gasteiger partial charge in [-0.1, -0.05) is 43.7 Å². The average Bonchev–Trinajstić information content (AvgIpc) is 3.71. The minimum absolute atomic E-state index is 0.00584. The maximum Gasteiger partial charge on any atom is 0.407 e. The first-order valence-corrected chi connectivity index (χ1v) is 16.0. The number of furan rings is 1. The van der Waals surface area contributed by atoms with Gasteiger partial charge in [0.25, 0.3) is 5.91 Å². The van der Waals surface area contributed by atoms with Gasteiger partial charge in [0, 0.05) is 13.1 Å². The topological polar surface area (TPSA) is 182 Å². The highest BCUT2D eigenvalue weighted by atomic mass is 31.2. The second kappa shape index (κ2) is 16.8. The van der Waals surface area contributed by atoms with Crippen LogP contribution in [0, 0.1) is 0 Å². The molecule has 14 heteroatoms. The normalized spacial score (nSPS) is 17.4. The molecule has 236 valence electrons. The number of nitrogens with one attached hydrogen (secondary N) is 1. The monoisotopic (exact) mass is 622 g/mol. The number of benzene rings is 1. The molecule has 13 nitrogen and oxygen atoms in total. The number of aliphatic carboxylic acids is 1. The molecule has 1 aromatic heterocycles. The zero-order valence-electron chi connectivity index (χ0n) is 24.1. The Bertz CT molecular complexity index is 1240. The van der Waals surface area contributed by atoms with Crippen LogP contribution in [0.1, 0.15) is 74.4 Å². The van der Waals surface area contributed by atoms with Crippen LogP contribution >= 0.6 is 7.60 Å². The summed E-state index contributed by atoms with van der Waals surface area (Å²) < 4.78 is 34.5. The Kier molecular flexibility index (Phi) is 13.2. The van der Waals surface area contributed by atoms with Crippen molar-refractivity contribution in [2.75, 3.05) is 13.1 Å². The van der Waals surface area contributed by atoms with Gasteiger partial charge in [0.2, 0.25) is 11.6 Å². The Hall–Kier alpha value is -3.67. The minimum Gasteiger partial charge on any atom is -0.480 e. The summed E-state index contributed by atoms with van der Waals surface area (Å²) in [6.45, 7) is 2.32. The number of amides is 2. The summed E-state index contributed by atoms with van der Waals surface area (Å²) in [5.41, 5.74) is 0.832. The van der Waals surface area contributed by atoms with Crippen LogP contribution in [0.3, 0.4) is 0 Å². The molecule has 0 radical (unpaired) electrons. The number of likely N-dealkylation sites (tertiary alicyclic amines) is 1. The molecule has 0 bridgehead atoms. The van der Waals surface area contributed by atoms with Crippen molar-refractivity contribution in [1.29, 1.82) is 0 Å². The third kappa shape index (κ3) is 10.5. The molecule has 2 aromatic rings. The summed E-state index contributed by atoms with van der Waals surface area (Å²) in [5, 5.41) is 12.2. The zero-order valence-corrected chi connectivity index (χ0v) is 25.0. The number of hydrogen-bond acceptors (Lipinski definition) is 9. The molecule has 1 saturated heterocycles. The van der Waals surface area contributed by atoms with E-state index >= 15 is 0 Å². The van der Waals surface area contributed by atoms with Gasteiger partial charge >= 0.3 is 25.6 Å². The summed E-state index contributed by atoms with van der Waals surface area (Å²) in [4.78, 5) is 61.9. The van der Waals surface area contributed by atoms with Crippen LogP contribution < -0.4 is 5.32 Å². The van der Waals surface area contributed by atoms with E-state index in [1.54, 1.807) is 0 Å². The molecule has 1 fully saturated rings. The molecule has 0 spiro atoms. The Morgan fingerprint density at radius 2 is 1.86 bits per heavy atom. The van der Waals surface area contributed by atoms with Crippen LogP contribution in [-0.2, 0) is 34.8 Å². The molecular weight excluding hydrogens is 583 g/mol. The number of carbonyl (C=O) groups excluding carboxylic acids is 3. The van der Waals surface area contributed by atoms with E-state index in [4.69, 9.17) is 18.4 Å². The maximum absolute atomic E-state index is 13.5. The molecule has 2 amide bonds. The number of carboxylic acids is 1. The van der Waals surface area contributed by atoms with Crippen LogP contribution in [-0.4, -0.2) is 69.9 Å². The van der Waals surface area contributed by atoms with Gasteiger partial charge in [-0.25, -0.2) is 14.4 Å². The van der Waals surface area contributed by atoms with Gasteiger partial charge in [-0.2, -0.15) is 0 Å². The van der Waals surface area contributed by atoms with Crippen molar-refractivity contribution in [3.63, 3.8) is 0 Å². The summed E-state index contributed by atoms with van der Waals surface area (Å²) in [5.74, 6) is -4.60. The number of carboxylic acid groups (broad SMARTS) is 1. The van der Waals surface area contributed by atoms with Gasteiger partial charge in [-0.15, -0.1) is 0 Å². The molecule has 4 atom stereocenters. The fraction of sp³-hybridized carbons (Fsp3) is 0.517. The first-order chi connectivity index (χ1) is 20.6. The third-order valence-electron chi connectivity index (χ3n) is 6.88. The minimum atomic E-state index is -4.76. The van der Waals surface area contributed by atoms with Gasteiger partial charge in [0.05, 0.1) is 6.26 Å². The highest BCUT2D eigenvalue weighted by Gasteiger charge is 2.43. The summed E-state index contributed by atoms with van der Waals surface area (Å²) in [6.07, 6.45) is 1.54. The van der Waals surface area contributed by atoms with Crippen LogP contribution in [0.4, 0.5) is 4.79 Å². The predicted molar refractivity (Wildman–Crippen MR) is 153 cm³/mol. The molecule has 2 unspecified atom stereocenters. The van der Waals surface area contributed by atoms with Gasteiger partial charge in [-0.05, 0) is 62.6 Å². The van der Waals surface area contributed by atoms with E-state index in [0.29, 0.717) is 25.7 Å². The van der Waals surface area contributed by atoms with Gasteiger partial charge in [-0.3, -0.25) is 13.9 Å². The van der Waals surface area contributed by atoms with Crippen molar-refractivity contribution in [3.8, 4) is 0 Å². The number of carbonyl (C=O) groups is 4. The Morgan fingerprint density at radius 3 is 2.53 bits per heavy atom. The van der Waals surface area contributed by atoms with Crippen molar-refractivity contribution in [2.24, 2.45) is 0 Å². The second-order valence-corrected chi connectivity index (χ2v) is 12.1. The standard InChI is InChI=1S/C29H39N2O11P/c1-2-3-16-25(41-28(35)24-15-10-19-39-24)43(37,38)42-23(26(32)31-18-9-13-22(31)27(33)34)14-7-8-17-30-29(36)40-20-21-11-5-4-6-12-21/h4-6,10-12,15,19,22-23,25H,2-3,7-9,13-14,16-18,20H2,1H3,(H,30,36)(H,33,34)(H,37,38)/t22-,23?,25-/m0/s1. The van der Waals surface area contributed by atoms with Crippen molar-refractivity contribution < 1.29 is 52.2 Å². The number of unbranched alkanes of at least 4 members (excludes halogenated alkanes) is 2. The molecule has 1 aromatic carbocycles. The molecule has 0 saturated carbocycles. The number of alkyl carbamates (subject to hydrolysis) is 1. The summed E-state index contributed by atoms with van der Waals surface area (Å²) >= 11 is 0. The van der Waals surface area contributed by atoms with Crippen molar-refractivity contribution in [1.82, 2.24) is 10.2 Å². The molecule has 0 aliphatic carbocycles. The van der Waals surface area contributed by atoms with Gasteiger partial charge in [0.15, 0.2) is 0 Å². The molecule has 43 heavy (non-hydrogen) atoms. The second-order valence-electron chi connectivity index (χ2n) is 10.1. The SMILES string of the molecule is CCCC[C@@H](OC(=O)c1ccco1)P(=O)(O)OC(CCCCNC(=O)OCc1ccccc1)C(=O)N1CCC[C@H]1C(=O)O. The lowest BCUT2D eigenvalue weighted by atomic mass is 10.1. The predicted octanol–water partition coefficient (Wildman–Crippen LogP) is 4.70. The van der Waals surface area contributed by atoms with E-state index in [1.165, 1.54) is 18.4 Å². The fourth-order valence-corrected chi connectivity index (χ4v) is 6.04. The number of nitrogens with zero attached hydrogens (tertiary/aromatic N) is 1. The van der Waals surface area contributed by atoms with E-state index in [2.05, 4.69) is 5.32 Å². The van der Waals surface area contributed by atoms with Crippen molar-refractivity contribution in [2.45, 2.75) is 82.9 Å². The van der Waals surface area contributed by atoms with E-state index in [1.807, 2.05) is 37.3 Å². The van der Waals surface area contributed by atoms with E-state index in [0.717, 1.165) is 10.5 Å². The van der Waals surface area contributed by atoms with Crippen molar-refractivity contribution in [3.05, 3.63) is 60.1 Å². The van der Waals surface area contributed by atoms with E-state index in [9.17, 15) is 33.7 Å². The van der Waals surface area contributed by atoms with E-state index in [-0.39, 0.29) is 51.1 Å². The van der Waals surface area contributed by atoms with Crippen LogP contribution in [0.15, 0.2) is 53.1 Å². The lowest BCUT2D eigenvalue weighted by molar-refractivity contribution is -0.151. The van der Waals surface area contributed by atoms with E-state index < -0.39 is 49.5 Å². The summed E-state index contributed by atoms with van der Waals surface area (Å²) in [7, 11) is -4.76. The highest BCUT2D eigenvalue weighted by molar-refractivity contribution is 7.53. The first kappa shape index (κ1) is 33.8. The molecule has 3 N–H and O–H groups in total. The first-order valence-electron chi connectivity index (χ1n) is 14.4. The molecule has 1 aliphatic heterocycles. The average molecular weight is 623 g/mol. The Balaban J connectivity index is 1.63. The smallest absolute Gasteiger partial charge is 0.407 e. The molecule has 2 heterocycles. The van der Waals surface area contributed by atoms with Crippen molar-refractivity contribution >= 4 is 31.5 Å². The molecule has 3 rings (SSSR count). The number of ether oxygens (including phenoxy) is 2. The number of hydrogen-bond donors (Lipinski definition) is 3. The molecule has 1 aliphatic rings. The number of rotatable bonds is 17. The zero-order chi connectivity index (χ0) is 31.2. The van der Waals surface area contributed by atoms with Crippen LogP contribution in [0.25, 0.3) is 0 Å². The van der Waals surface area contributed by atoms with Crippen LogP contribution in [0.2, 0.25) is 0 Å². The Labute approximate surface area is 250 Å². The lowest BCUT2D eigenvalue weighted by Crippen LogP contribution is -2.46. The Morgan fingerprint density at radius 1 is 1.09 bits per heavy atom. The largest absolute Gasteiger partial charge is 0.480 e. The highest BCUT2D eigenvalue weighted by Crippen LogP contribution is 2.52. The maximum atomic E-state index is 13.5.